The molecule has 7 heteroatoms. The minimum atomic E-state index is -0.300. The Morgan fingerprint density at radius 3 is 2.80 bits per heavy atom. The SMILES string of the molecule is COCCOc1c(Cl)cccc1NC(=O)c1cc2cc(Cl)ccc2[nH]1. The summed E-state index contributed by atoms with van der Waals surface area (Å²) in [5.74, 6) is 0.111. The number of halogens is 2. The van der Waals surface area contributed by atoms with Gasteiger partial charge >= 0.3 is 0 Å². The smallest absolute Gasteiger partial charge is 0.272 e. The van der Waals surface area contributed by atoms with E-state index in [1.807, 2.05) is 6.07 Å². The number of aromatic nitrogens is 1. The van der Waals surface area contributed by atoms with Crippen LogP contribution in [0.2, 0.25) is 10.0 Å². The standard InChI is InChI=1S/C18H16Cl2N2O3/c1-24-7-8-25-17-13(20)3-2-4-15(17)22-18(23)16-10-11-9-12(19)5-6-14(11)21-16/h2-6,9-10,21H,7-8H2,1H3,(H,22,23). The lowest BCUT2D eigenvalue weighted by atomic mass is 10.2. The molecule has 0 radical (unpaired) electrons. The van der Waals surface area contributed by atoms with Crippen LogP contribution in [0.25, 0.3) is 10.9 Å². The van der Waals surface area contributed by atoms with Crippen LogP contribution in [-0.4, -0.2) is 31.2 Å². The van der Waals surface area contributed by atoms with Gasteiger partial charge < -0.3 is 19.8 Å². The molecular formula is C18H16Cl2N2O3. The van der Waals surface area contributed by atoms with Crippen LogP contribution in [0.1, 0.15) is 10.5 Å². The van der Waals surface area contributed by atoms with Crippen LogP contribution in [0.4, 0.5) is 5.69 Å². The minimum Gasteiger partial charge on any atom is -0.487 e. The topological polar surface area (TPSA) is 63.4 Å². The minimum absolute atomic E-state index is 0.300. The Morgan fingerprint density at radius 2 is 2.00 bits per heavy atom. The third kappa shape index (κ3) is 4.07. The van der Waals surface area contributed by atoms with E-state index >= 15 is 0 Å². The molecule has 0 aliphatic heterocycles. The molecule has 25 heavy (non-hydrogen) atoms. The molecule has 0 saturated carbocycles. The van der Waals surface area contributed by atoms with Crippen LogP contribution in [0.3, 0.4) is 0 Å². The van der Waals surface area contributed by atoms with Crippen LogP contribution in [0.15, 0.2) is 42.5 Å². The number of carbonyl (C=O) groups is 1. The molecule has 0 aliphatic carbocycles. The van der Waals surface area contributed by atoms with E-state index in [9.17, 15) is 4.79 Å². The maximum atomic E-state index is 12.6. The number of fused-ring (bicyclic) bond motifs is 1. The summed E-state index contributed by atoms with van der Waals surface area (Å²) in [5.41, 5.74) is 1.74. The fourth-order valence-corrected chi connectivity index (χ4v) is 2.81. The summed E-state index contributed by atoms with van der Waals surface area (Å²) in [6.45, 7) is 0.745. The van der Waals surface area contributed by atoms with Crippen molar-refractivity contribution in [3.8, 4) is 5.75 Å². The Kier molecular flexibility index (Phi) is 5.48. The predicted molar refractivity (Wildman–Crippen MR) is 100 cm³/mol. The van der Waals surface area contributed by atoms with E-state index in [1.54, 1.807) is 43.5 Å². The van der Waals surface area contributed by atoms with Gasteiger partial charge in [-0.15, -0.1) is 0 Å². The highest BCUT2D eigenvalue weighted by molar-refractivity contribution is 6.32. The Hall–Kier alpha value is -2.21. The van der Waals surface area contributed by atoms with Gasteiger partial charge in [-0.2, -0.15) is 0 Å². The molecule has 2 N–H and O–H groups in total. The number of carbonyl (C=O) groups excluding carboxylic acids is 1. The van der Waals surface area contributed by atoms with Crippen molar-refractivity contribution in [1.82, 2.24) is 4.98 Å². The van der Waals surface area contributed by atoms with E-state index in [0.717, 1.165) is 10.9 Å². The van der Waals surface area contributed by atoms with E-state index < -0.39 is 0 Å². The molecule has 0 fully saturated rings. The molecular weight excluding hydrogens is 363 g/mol. The summed E-state index contributed by atoms with van der Waals surface area (Å²) in [4.78, 5) is 15.6. The molecule has 1 amide bonds. The number of benzene rings is 2. The molecule has 2 aromatic carbocycles. The second-order valence-electron chi connectivity index (χ2n) is 5.33. The second-order valence-corrected chi connectivity index (χ2v) is 6.17. The largest absolute Gasteiger partial charge is 0.487 e. The fraction of sp³-hybridized carbons (Fsp3) is 0.167. The molecule has 0 unspecified atom stereocenters. The third-order valence-corrected chi connectivity index (χ3v) is 4.11. The van der Waals surface area contributed by atoms with Gasteiger partial charge in [0.2, 0.25) is 0 Å². The monoisotopic (exact) mass is 378 g/mol. The molecule has 0 atom stereocenters. The van der Waals surface area contributed by atoms with Crippen molar-refractivity contribution in [3.63, 3.8) is 0 Å². The molecule has 1 heterocycles. The first-order chi connectivity index (χ1) is 12.1. The van der Waals surface area contributed by atoms with Gasteiger partial charge in [0, 0.05) is 23.0 Å². The van der Waals surface area contributed by atoms with Gasteiger partial charge in [0.1, 0.15) is 12.3 Å². The molecule has 0 saturated heterocycles. The molecule has 0 aliphatic rings. The van der Waals surface area contributed by atoms with E-state index in [2.05, 4.69) is 10.3 Å². The van der Waals surface area contributed by atoms with Gasteiger partial charge in [0.05, 0.1) is 17.3 Å². The Labute approximate surface area is 154 Å². The van der Waals surface area contributed by atoms with Gasteiger partial charge in [-0.1, -0.05) is 29.3 Å². The van der Waals surface area contributed by atoms with Gasteiger partial charge in [-0.3, -0.25) is 4.79 Å². The lowest BCUT2D eigenvalue weighted by molar-refractivity contribution is 0.102. The molecule has 3 rings (SSSR count). The number of hydrogen-bond donors (Lipinski definition) is 2. The first-order valence-corrected chi connectivity index (χ1v) is 8.34. The zero-order valence-corrected chi connectivity index (χ0v) is 14.9. The van der Waals surface area contributed by atoms with Crippen molar-refractivity contribution in [1.29, 1.82) is 0 Å². The maximum absolute atomic E-state index is 12.6. The summed E-state index contributed by atoms with van der Waals surface area (Å²) >= 11 is 12.2. The normalized spacial score (nSPS) is 10.8. The lowest BCUT2D eigenvalue weighted by Crippen LogP contribution is -2.14. The maximum Gasteiger partial charge on any atom is 0.272 e. The first kappa shape index (κ1) is 17.6. The van der Waals surface area contributed by atoms with Crippen LogP contribution in [-0.2, 0) is 4.74 Å². The van der Waals surface area contributed by atoms with Gasteiger partial charge in [0.25, 0.3) is 5.91 Å². The molecule has 5 nitrogen and oxygen atoms in total. The molecule has 0 spiro atoms. The molecule has 3 aromatic rings. The van der Waals surface area contributed by atoms with E-state index in [0.29, 0.717) is 40.4 Å². The molecule has 0 bridgehead atoms. The number of methoxy groups -OCH3 is 1. The van der Waals surface area contributed by atoms with Crippen molar-refractivity contribution < 1.29 is 14.3 Å². The van der Waals surface area contributed by atoms with Crippen molar-refractivity contribution in [2.75, 3.05) is 25.6 Å². The van der Waals surface area contributed by atoms with E-state index in [-0.39, 0.29) is 5.91 Å². The first-order valence-electron chi connectivity index (χ1n) is 7.58. The third-order valence-electron chi connectivity index (χ3n) is 3.58. The summed E-state index contributed by atoms with van der Waals surface area (Å²) < 4.78 is 10.6. The second kappa shape index (κ2) is 7.78. The number of nitrogens with one attached hydrogen (secondary N) is 2. The van der Waals surface area contributed by atoms with E-state index in [1.165, 1.54) is 0 Å². The fourth-order valence-electron chi connectivity index (χ4n) is 2.40. The van der Waals surface area contributed by atoms with E-state index in [4.69, 9.17) is 32.7 Å². The van der Waals surface area contributed by atoms with Gasteiger partial charge in [-0.25, -0.2) is 0 Å². The molecule has 130 valence electrons. The zero-order chi connectivity index (χ0) is 17.8. The highest BCUT2D eigenvalue weighted by Gasteiger charge is 2.15. The highest BCUT2D eigenvalue weighted by Crippen LogP contribution is 2.33. The summed E-state index contributed by atoms with van der Waals surface area (Å²) in [7, 11) is 1.58. The number of ether oxygens (including phenoxy) is 2. The average molecular weight is 379 g/mol. The summed E-state index contributed by atoms with van der Waals surface area (Å²) in [6.07, 6.45) is 0. The lowest BCUT2D eigenvalue weighted by Gasteiger charge is -2.13. The van der Waals surface area contributed by atoms with Crippen LogP contribution in [0.5, 0.6) is 5.75 Å². The number of amides is 1. The molecule has 1 aromatic heterocycles. The van der Waals surface area contributed by atoms with Crippen molar-refractivity contribution in [2.24, 2.45) is 0 Å². The van der Waals surface area contributed by atoms with Crippen LogP contribution < -0.4 is 10.1 Å². The summed E-state index contributed by atoms with van der Waals surface area (Å²) in [6, 6.07) is 12.3. The van der Waals surface area contributed by atoms with Crippen LogP contribution >= 0.6 is 23.2 Å². The van der Waals surface area contributed by atoms with Crippen molar-refractivity contribution in [3.05, 3.63) is 58.2 Å². The number of rotatable bonds is 6. The van der Waals surface area contributed by atoms with Crippen molar-refractivity contribution >= 4 is 45.7 Å². The highest BCUT2D eigenvalue weighted by atomic mass is 35.5. The number of H-pyrrole nitrogens is 1. The number of hydrogen-bond acceptors (Lipinski definition) is 3. The summed E-state index contributed by atoms with van der Waals surface area (Å²) in [5, 5.41) is 4.71. The Balaban J connectivity index is 1.83. The Morgan fingerprint density at radius 1 is 1.16 bits per heavy atom. The average Bonchev–Trinajstić information content (AvgIpc) is 3.00. The van der Waals surface area contributed by atoms with Gasteiger partial charge in [0.15, 0.2) is 5.75 Å². The quantitative estimate of drug-likeness (QED) is 0.608. The number of anilines is 1. The zero-order valence-electron chi connectivity index (χ0n) is 13.4. The van der Waals surface area contributed by atoms with Crippen molar-refractivity contribution in [2.45, 2.75) is 0 Å². The predicted octanol–water partition coefficient (Wildman–Crippen LogP) is 4.75. The Bertz CT molecular complexity index is 908. The number of para-hydroxylation sites is 1. The number of aromatic amines is 1. The van der Waals surface area contributed by atoms with Gasteiger partial charge in [-0.05, 0) is 36.4 Å². The van der Waals surface area contributed by atoms with Crippen LogP contribution in [0, 0.1) is 0 Å².